The highest BCUT2D eigenvalue weighted by atomic mass is 16.5. The number of hydrogen-bond donors (Lipinski definition) is 2. The van der Waals surface area contributed by atoms with Crippen molar-refractivity contribution in [2.45, 2.75) is 25.9 Å². The van der Waals surface area contributed by atoms with Crippen LogP contribution in [0.2, 0.25) is 0 Å². The highest BCUT2D eigenvalue weighted by molar-refractivity contribution is 5.66. The van der Waals surface area contributed by atoms with Crippen molar-refractivity contribution in [3.63, 3.8) is 0 Å². The minimum absolute atomic E-state index is 0.0799. The molecule has 2 N–H and O–H groups in total. The van der Waals surface area contributed by atoms with Crippen LogP contribution < -0.4 is 4.74 Å². The van der Waals surface area contributed by atoms with E-state index in [1.54, 1.807) is 13.2 Å². The molecule has 1 aromatic heterocycles. The Morgan fingerprint density at radius 2 is 1.88 bits per heavy atom. The molecule has 5 heteroatoms. The van der Waals surface area contributed by atoms with Gasteiger partial charge in [-0.15, -0.1) is 0 Å². The third-order valence-electron chi connectivity index (χ3n) is 3.91. The molecule has 5 nitrogen and oxygen atoms in total. The van der Waals surface area contributed by atoms with Gasteiger partial charge in [-0.05, 0) is 42.7 Å². The summed E-state index contributed by atoms with van der Waals surface area (Å²) < 4.78 is 11.3. The number of hydrogen-bond acceptors (Lipinski definition) is 5. The van der Waals surface area contributed by atoms with Gasteiger partial charge in [0.25, 0.3) is 0 Å². The maximum absolute atomic E-state index is 10.1. The Balaban J connectivity index is 1.77. The van der Waals surface area contributed by atoms with Crippen LogP contribution in [0, 0.1) is 6.92 Å². The van der Waals surface area contributed by atoms with Crippen molar-refractivity contribution < 1.29 is 19.4 Å². The van der Waals surface area contributed by atoms with Gasteiger partial charge in [0.05, 0.1) is 6.10 Å². The maximum Gasteiger partial charge on any atom is 0.191 e. The third kappa shape index (κ3) is 4.26. The number of rotatable bonds is 7. The average molecular weight is 339 g/mol. The molecule has 0 saturated carbocycles. The number of para-hydroxylation sites is 1. The summed E-state index contributed by atoms with van der Waals surface area (Å²) in [5.74, 6) is 1.96. The van der Waals surface area contributed by atoms with Crippen LogP contribution in [0.1, 0.15) is 30.4 Å². The molecule has 1 heterocycles. The van der Waals surface area contributed by atoms with E-state index in [-0.39, 0.29) is 6.61 Å². The first-order valence-corrected chi connectivity index (χ1v) is 8.25. The van der Waals surface area contributed by atoms with Gasteiger partial charge in [-0.1, -0.05) is 24.3 Å². The molecule has 1 atom stereocenters. The second-order valence-corrected chi connectivity index (χ2v) is 5.80. The Morgan fingerprint density at radius 1 is 1.12 bits per heavy atom. The van der Waals surface area contributed by atoms with Gasteiger partial charge in [-0.2, -0.15) is 0 Å². The van der Waals surface area contributed by atoms with Crippen molar-refractivity contribution in [2.24, 2.45) is 0 Å². The molecule has 0 bridgehead atoms. The Morgan fingerprint density at radius 3 is 2.56 bits per heavy atom. The monoisotopic (exact) mass is 339 g/mol. The molecule has 130 valence electrons. The van der Waals surface area contributed by atoms with Crippen LogP contribution in [0.5, 0.6) is 11.5 Å². The lowest BCUT2D eigenvalue weighted by Crippen LogP contribution is -1.98. The summed E-state index contributed by atoms with van der Waals surface area (Å²) in [5.41, 5.74) is 2.39. The Kier molecular flexibility index (Phi) is 5.48. The topological polar surface area (TPSA) is 75.7 Å². The number of nitrogens with zero attached hydrogens (tertiary/aromatic N) is 1. The molecule has 0 aliphatic rings. The van der Waals surface area contributed by atoms with Crippen LogP contribution in [0.3, 0.4) is 0 Å². The van der Waals surface area contributed by atoms with Crippen LogP contribution in [-0.2, 0) is 0 Å². The molecule has 0 aliphatic carbocycles. The Labute approximate surface area is 146 Å². The molecule has 1 unspecified atom stereocenters. The molecule has 0 aliphatic heterocycles. The molecule has 0 spiro atoms. The fourth-order valence-corrected chi connectivity index (χ4v) is 2.59. The minimum Gasteiger partial charge on any atom is -0.457 e. The first-order chi connectivity index (χ1) is 12.2. The van der Waals surface area contributed by atoms with Gasteiger partial charge in [0.15, 0.2) is 5.89 Å². The van der Waals surface area contributed by atoms with Crippen LogP contribution in [-0.4, -0.2) is 21.8 Å². The van der Waals surface area contributed by atoms with E-state index < -0.39 is 6.10 Å². The number of aryl methyl sites for hydroxylation is 1. The minimum atomic E-state index is -0.577. The SMILES string of the molecule is Cc1nc(-c2ccccc2Oc2ccc(C(O)CCCO)cc2)co1. The molecule has 25 heavy (non-hydrogen) atoms. The molecule has 0 radical (unpaired) electrons. The lowest BCUT2D eigenvalue weighted by Gasteiger charge is -2.12. The van der Waals surface area contributed by atoms with Crippen molar-refractivity contribution in [1.82, 2.24) is 4.98 Å². The highest BCUT2D eigenvalue weighted by Crippen LogP contribution is 2.33. The zero-order chi connectivity index (χ0) is 17.6. The van der Waals surface area contributed by atoms with E-state index >= 15 is 0 Å². The van der Waals surface area contributed by atoms with Gasteiger partial charge >= 0.3 is 0 Å². The quantitative estimate of drug-likeness (QED) is 0.673. The van der Waals surface area contributed by atoms with Gasteiger partial charge < -0.3 is 19.4 Å². The van der Waals surface area contributed by atoms with Crippen molar-refractivity contribution >= 4 is 0 Å². The van der Waals surface area contributed by atoms with Gasteiger partial charge in [-0.3, -0.25) is 0 Å². The molecule has 3 rings (SSSR count). The van der Waals surface area contributed by atoms with E-state index in [4.69, 9.17) is 14.3 Å². The second kappa shape index (κ2) is 7.96. The van der Waals surface area contributed by atoms with E-state index in [0.29, 0.717) is 30.2 Å². The summed E-state index contributed by atoms with van der Waals surface area (Å²) in [6.45, 7) is 1.88. The summed E-state index contributed by atoms with van der Waals surface area (Å²) >= 11 is 0. The lowest BCUT2D eigenvalue weighted by molar-refractivity contribution is 0.152. The fraction of sp³-hybridized carbons (Fsp3) is 0.250. The van der Waals surface area contributed by atoms with E-state index in [2.05, 4.69) is 4.98 Å². The molecule has 2 aromatic carbocycles. The zero-order valence-electron chi connectivity index (χ0n) is 14.1. The Hall–Kier alpha value is -2.63. The third-order valence-corrected chi connectivity index (χ3v) is 3.91. The lowest BCUT2D eigenvalue weighted by atomic mass is 10.1. The zero-order valence-corrected chi connectivity index (χ0v) is 14.1. The van der Waals surface area contributed by atoms with Gasteiger partial charge in [0.2, 0.25) is 0 Å². The van der Waals surface area contributed by atoms with Crippen molar-refractivity contribution in [3.8, 4) is 22.8 Å². The van der Waals surface area contributed by atoms with Gasteiger partial charge in [-0.25, -0.2) is 4.98 Å². The average Bonchev–Trinajstić information content (AvgIpc) is 3.07. The maximum atomic E-state index is 10.1. The van der Waals surface area contributed by atoms with E-state index in [1.165, 1.54) is 0 Å². The summed E-state index contributed by atoms with van der Waals surface area (Å²) in [5, 5.41) is 18.9. The van der Waals surface area contributed by atoms with Crippen LogP contribution in [0.15, 0.2) is 59.2 Å². The summed E-state index contributed by atoms with van der Waals surface area (Å²) in [6.07, 6.45) is 2.14. The summed E-state index contributed by atoms with van der Waals surface area (Å²) in [4.78, 5) is 4.35. The Bertz CT molecular complexity index is 811. The molecule has 3 aromatic rings. The predicted molar refractivity (Wildman–Crippen MR) is 94.5 cm³/mol. The highest BCUT2D eigenvalue weighted by Gasteiger charge is 2.11. The molecular weight excluding hydrogens is 318 g/mol. The standard InChI is InChI=1S/C20H21NO4/c1-14-21-18(13-24-14)17-5-2-3-7-20(17)25-16-10-8-15(9-11-16)19(23)6-4-12-22/h2-3,5,7-11,13,19,22-23H,4,6,12H2,1H3. The largest absolute Gasteiger partial charge is 0.457 e. The molecular formula is C20H21NO4. The van der Waals surface area contributed by atoms with Gasteiger partial charge in [0, 0.05) is 19.1 Å². The first kappa shape index (κ1) is 17.2. The number of oxazole rings is 1. The van der Waals surface area contributed by atoms with E-state index in [0.717, 1.165) is 16.8 Å². The number of aromatic nitrogens is 1. The van der Waals surface area contributed by atoms with Crippen molar-refractivity contribution in [1.29, 1.82) is 0 Å². The van der Waals surface area contributed by atoms with E-state index in [1.807, 2.05) is 48.5 Å². The number of ether oxygens (including phenoxy) is 1. The predicted octanol–water partition coefficient (Wildman–Crippen LogP) is 4.25. The number of benzene rings is 2. The smallest absolute Gasteiger partial charge is 0.191 e. The summed E-state index contributed by atoms with van der Waals surface area (Å²) in [7, 11) is 0. The van der Waals surface area contributed by atoms with Crippen molar-refractivity contribution in [2.75, 3.05) is 6.61 Å². The molecule has 0 amide bonds. The molecule has 0 fully saturated rings. The van der Waals surface area contributed by atoms with Gasteiger partial charge in [0.1, 0.15) is 23.5 Å². The second-order valence-electron chi connectivity index (χ2n) is 5.80. The molecule has 0 saturated heterocycles. The van der Waals surface area contributed by atoms with Crippen molar-refractivity contribution in [3.05, 3.63) is 66.2 Å². The van der Waals surface area contributed by atoms with Crippen LogP contribution in [0.25, 0.3) is 11.3 Å². The number of aliphatic hydroxyl groups excluding tert-OH is 2. The summed E-state index contributed by atoms with van der Waals surface area (Å²) in [6, 6.07) is 14.9. The van der Waals surface area contributed by atoms with Crippen LogP contribution >= 0.6 is 0 Å². The first-order valence-electron chi connectivity index (χ1n) is 8.25. The van der Waals surface area contributed by atoms with E-state index in [9.17, 15) is 5.11 Å². The fourth-order valence-electron chi connectivity index (χ4n) is 2.59. The number of aliphatic hydroxyl groups is 2. The normalized spacial score (nSPS) is 12.1. The van der Waals surface area contributed by atoms with Crippen LogP contribution in [0.4, 0.5) is 0 Å².